The van der Waals surface area contributed by atoms with Gasteiger partial charge in [-0.2, -0.15) is 0 Å². The van der Waals surface area contributed by atoms with E-state index in [0.717, 1.165) is 0 Å². The van der Waals surface area contributed by atoms with Gasteiger partial charge in [-0.1, -0.05) is 23.2 Å². The number of halogens is 2. The first-order chi connectivity index (χ1) is 9.02. The number of rotatable bonds is 2. The lowest BCUT2D eigenvalue weighted by molar-refractivity contribution is -0.0667. The predicted octanol–water partition coefficient (Wildman–Crippen LogP) is 2.22. The Morgan fingerprint density at radius 3 is 2.84 bits per heavy atom. The molecule has 19 heavy (non-hydrogen) atoms. The minimum absolute atomic E-state index is 0.0373. The summed E-state index contributed by atoms with van der Waals surface area (Å²) in [7, 11) is 0. The van der Waals surface area contributed by atoms with Crippen molar-refractivity contribution in [1.82, 2.24) is 4.90 Å². The molecule has 2 atom stereocenters. The van der Waals surface area contributed by atoms with Gasteiger partial charge in [0.25, 0.3) is 5.91 Å². The highest BCUT2D eigenvalue weighted by atomic mass is 35.5. The van der Waals surface area contributed by atoms with Gasteiger partial charge >= 0.3 is 0 Å². The van der Waals surface area contributed by atoms with Crippen molar-refractivity contribution in [1.29, 1.82) is 0 Å². The first kappa shape index (κ1) is 14.6. The number of amides is 1. The fraction of sp³-hybridized carbons (Fsp3) is 0.462. The number of aliphatic hydroxyl groups is 1. The lowest BCUT2D eigenvalue weighted by Crippen LogP contribution is -2.52. The average Bonchev–Trinajstić information content (AvgIpc) is 2.41. The molecule has 1 aromatic carbocycles. The van der Waals surface area contributed by atoms with Crippen LogP contribution in [0.25, 0.3) is 0 Å². The summed E-state index contributed by atoms with van der Waals surface area (Å²) < 4.78 is 5.41. The minimum atomic E-state index is -0.331. The molecular formula is C13H15Cl2NO3. The normalized spacial score (nSPS) is 23.5. The second-order valence-corrected chi connectivity index (χ2v) is 5.39. The molecule has 1 amide bonds. The number of hydrogen-bond acceptors (Lipinski definition) is 3. The largest absolute Gasteiger partial charge is 0.394 e. The van der Waals surface area contributed by atoms with Crippen molar-refractivity contribution in [3.8, 4) is 0 Å². The maximum Gasteiger partial charge on any atom is 0.254 e. The minimum Gasteiger partial charge on any atom is -0.394 e. The number of morpholine rings is 1. The average molecular weight is 304 g/mol. The molecule has 1 heterocycles. The molecule has 2 unspecified atom stereocenters. The van der Waals surface area contributed by atoms with E-state index >= 15 is 0 Å². The van der Waals surface area contributed by atoms with Crippen LogP contribution in [0.1, 0.15) is 17.3 Å². The Bertz CT molecular complexity index is 481. The molecule has 1 aliphatic rings. The van der Waals surface area contributed by atoms with Crippen molar-refractivity contribution in [2.24, 2.45) is 0 Å². The van der Waals surface area contributed by atoms with Gasteiger partial charge in [-0.3, -0.25) is 4.79 Å². The highest BCUT2D eigenvalue weighted by Gasteiger charge is 2.30. The van der Waals surface area contributed by atoms with Crippen molar-refractivity contribution in [3.05, 3.63) is 33.8 Å². The molecule has 1 aromatic rings. The summed E-state index contributed by atoms with van der Waals surface area (Å²) in [5.41, 5.74) is 0.486. The van der Waals surface area contributed by atoms with Gasteiger partial charge in [0.2, 0.25) is 0 Å². The molecule has 1 fully saturated rings. The number of ether oxygens (including phenoxy) is 1. The summed E-state index contributed by atoms with van der Waals surface area (Å²) in [4.78, 5) is 14.1. The van der Waals surface area contributed by atoms with E-state index in [-0.39, 0.29) is 24.7 Å². The van der Waals surface area contributed by atoms with Crippen molar-refractivity contribution in [3.63, 3.8) is 0 Å². The maximum absolute atomic E-state index is 12.4. The van der Waals surface area contributed by atoms with E-state index in [2.05, 4.69) is 0 Å². The summed E-state index contributed by atoms with van der Waals surface area (Å²) in [6.07, 6.45) is -0.331. The molecule has 104 valence electrons. The van der Waals surface area contributed by atoms with E-state index in [4.69, 9.17) is 33.0 Å². The molecule has 6 heteroatoms. The second kappa shape index (κ2) is 6.09. The molecule has 0 saturated carbocycles. The van der Waals surface area contributed by atoms with Crippen molar-refractivity contribution in [2.45, 2.75) is 19.1 Å². The van der Waals surface area contributed by atoms with Crippen molar-refractivity contribution in [2.75, 3.05) is 19.8 Å². The van der Waals surface area contributed by atoms with E-state index in [9.17, 15) is 4.79 Å². The van der Waals surface area contributed by atoms with Crippen LogP contribution in [-0.2, 0) is 4.74 Å². The summed E-state index contributed by atoms with van der Waals surface area (Å²) in [5.74, 6) is -0.132. The summed E-state index contributed by atoms with van der Waals surface area (Å²) >= 11 is 11.8. The Labute approximate surface area is 121 Å². The number of carbonyl (C=O) groups is 1. The van der Waals surface area contributed by atoms with Gasteiger partial charge < -0.3 is 14.7 Å². The molecule has 1 N–H and O–H groups in total. The lowest BCUT2D eigenvalue weighted by atomic mass is 10.1. The number of carbonyl (C=O) groups excluding carboxylic acids is 1. The van der Waals surface area contributed by atoms with Gasteiger partial charge in [0.05, 0.1) is 35.4 Å². The van der Waals surface area contributed by atoms with Crippen LogP contribution in [0.4, 0.5) is 0 Å². The smallest absolute Gasteiger partial charge is 0.254 e. The quantitative estimate of drug-likeness (QED) is 0.911. The SMILES string of the molecule is CC1COC(CO)CN1C(=O)c1ccc(Cl)c(Cl)c1. The first-order valence-corrected chi connectivity index (χ1v) is 6.77. The Hall–Kier alpha value is -0.810. The van der Waals surface area contributed by atoms with Gasteiger partial charge in [-0.05, 0) is 25.1 Å². The molecule has 0 radical (unpaired) electrons. The Morgan fingerprint density at radius 2 is 2.21 bits per heavy atom. The van der Waals surface area contributed by atoms with E-state index in [1.54, 1.807) is 23.1 Å². The molecule has 4 nitrogen and oxygen atoms in total. The number of nitrogens with zero attached hydrogens (tertiary/aromatic N) is 1. The monoisotopic (exact) mass is 303 g/mol. The molecule has 0 aromatic heterocycles. The van der Waals surface area contributed by atoms with Gasteiger partial charge in [0, 0.05) is 12.1 Å². The maximum atomic E-state index is 12.4. The van der Waals surface area contributed by atoms with Crippen LogP contribution in [-0.4, -0.2) is 47.8 Å². The predicted molar refractivity (Wildman–Crippen MR) is 73.8 cm³/mol. The third-order valence-electron chi connectivity index (χ3n) is 3.14. The van der Waals surface area contributed by atoms with Gasteiger partial charge in [0.1, 0.15) is 0 Å². The Balaban J connectivity index is 2.19. The molecular weight excluding hydrogens is 289 g/mol. The Kier molecular flexibility index (Phi) is 4.68. The number of benzene rings is 1. The highest BCUT2D eigenvalue weighted by molar-refractivity contribution is 6.42. The van der Waals surface area contributed by atoms with Crippen LogP contribution in [0.5, 0.6) is 0 Å². The standard InChI is InChI=1S/C13H15Cl2NO3/c1-8-7-19-10(6-17)5-16(8)13(18)9-2-3-11(14)12(15)4-9/h2-4,8,10,17H,5-7H2,1H3. The summed E-state index contributed by atoms with van der Waals surface area (Å²) in [6.45, 7) is 2.59. The molecule has 1 aliphatic heterocycles. The highest BCUT2D eigenvalue weighted by Crippen LogP contribution is 2.24. The van der Waals surface area contributed by atoms with E-state index < -0.39 is 0 Å². The third-order valence-corrected chi connectivity index (χ3v) is 3.88. The number of hydrogen-bond donors (Lipinski definition) is 1. The van der Waals surface area contributed by atoms with Crippen molar-refractivity contribution < 1.29 is 14.6 Å². The number of aliphatic hydroxyl groups excluding tert-OH is 1. The van der Waals surface area contributed by atoms with Crippen LogP contribution in [0.15, 0.2) is 18.2 Å². The lowest BCUT2D eigenvalue weighted by Gasteiger charge is -2.37. The fourth-order valence-electron chi connectivity index (χ4n) is 2.01. The van der Waals surface area contributed by atoms with Crippen LogP contribution >= 0.6 is 23.2 Å². The van der Waals surface area contributed by atoms with E-state index in [1.165, 1.54) is 0 Å². The topological polar surface area (TPSA) is 49.8 Å². The Morgan fingerprint density at radius 1 is 1.47 bits per heavy atom. The van der Waals surface area contributed by atoms with Gasteiger partial charge in [-0.15, -0.1) is 0 Å². The molecule has 0 aliphatic carbocycles. The van der Waals surface area contributed by atoms with Crippen LogP contribution in [0, 0.1) is 0 Å². The van der Waals surface area contributed by atoms with E-state index in [0.29, 0.717) is 28.8 Å². The van der Waals surface area contributed by atoms with Crippen molar-refractivity contribution >= 4 is 29.1 Å². The fourth-order valence-corrected chi connectivity index (χ4v) is 2.30. The summed E-state index contributed by atoms with van der Waals surface area (Å²) in [6, 6.07) is 4.77. The zero-order valence-corrected chi connectivity index (χ0v) is 12.0. The van der Waals surface area contributed by atoms with E-state index in [1.807, 2.05) is 6.92 Å². The first-order valence-electron chi connectivity index (χ1n) is 6.01. The zero-order chi connectivity index (χ0) is 14.0. The van der Waals surface area contributed by atoms with Crippen LogP contribution in [0.3, 0.4) is 0 Å². The second-order valence-electron chi connectivity index (χ2n) is 4.57. The van der Waals surface area contributed by atoms with Crippen LogP contribution < -0.4 is 0 Å². The zero-order valence-electron chi connectivity index (χ0n) is 10.5. The third kappa shape index (κ3) is 3.20. The summed E-state index contributed by atoms with van der Waals surface area (Å²) in [5, 5.41) is 9.90. The molecule has 1 saturated heterocycles. The van der Waals surface area contributed by atoms with Gasteiger partial charge in [0.15, 0.2) is 0 Å². The molecule has 2 rings (SSSR count). The molecule has 0 spiro atoms. The molecule has 0 bridgehead atoms. The van der Waals surface area contributed by atoms with Gasteiger partial charge in [-0.25, -0.2) is 0 Å². The van der Waals surface area contributed by atoms with Crippen LogP contribution in [0.2, 0.25) is 10.0 Å².